The Balaban J connectivity index is 1.37. The molecule has 0 aromatic heterocycles. The van der Waals surface area contributed by atoms with Crippen molar-refractivity contribution in [2.75, 3.05) is 13.2 Å². The first kappa shape index (κ1) is 30.1. The van der Waals surface area contributed by atoms with Gasteiger partial charge < -0.3 is 9.47 Å². The van der Waals surface area contributed by atoms with E-state index in [2.05, 4.69) is 13.0 Å². The molecule has 1 fully saturated rings. The number of allylic oxidation sites excluding steroid dienone is 2. The number of hydrogen-bond donors (Lipinski definition) is 0. The van der Waals surface area contributed by atoms with Crippen molar-refractivity contribution in [3.8, 4) is 22.3 Å². The monoisotopic (exact) mass is 550 g/mol. The zero-order valence-electron chi connectivity index (χ0n) is 23.7. The second kappa shape index (κ2) is 15.2. The lowest BCUT2D eigenvalue weighted by Gasteiger charge is -2.29. The fraction of sp³-hybridized carbons (Fsp3) is 0.429. The number of ether oxygens (including phenoxy) is 2. The molecule has 3 aromatic carbocycles. The molecular formula is C35H41F3O2. The fourth-order valence-electron chi connectivity index (χ4n) is 5.23. The Kier molecular flexibility index (Phi) is 11.4. The van der Waals surface area contributed by atoms with Gasteiger partial charge in [0.1, 0.15) is 5.82 Å². The summed E-state index contributed by atoms with van der Waals surface area (Å²) in [6.45, 7) is 5.26. The summed E-state index contributed by atoms with van der Waals surface area (Å²) in [7, 11) is 0. The van der Waals surface area contributed by atoms with E-state index < -0.39 is 23.7 Å². The molecule has 1 heterocycles. The Morgan fingerprint density at radius 2 is 1.45 bits per heavy atom. The average Bonchev–Trinajstić information content (AvgIpc) is 2.98. The standard InChI is InChI=1S/C35H41F3O2/c1-3-5-7-8-9-11-13-28-18-20-30(34(38)33(28)37)27-16-14-26(15-17-27)29-19-21-31(32(36)22-29)35-39-23-25(24-40-35)12-10-6-4-2/h4,6,14-22,25,35H,3,5,7-13,23-24H2,1-2H3. The van der Waals surface area contributed by atoms with Crippen LogP contribution in [0, 0.1) is 23.4 Å². The summed E-state index contributed by atoms with van der Waals surface area (Å²) in [5, 5.41) is 0. The van der Waals surface area contributed by atoms with Gasteiger partial charge in [-0.2, -0.15) is 0 Å². The molecule has 0 radical (unpaired) electrons. The van der Waals surface area contributed by atoms with Crippen molar-refractivity contribution in [3.05, 3.63) is 95.3 Å². The Labute approximate surface area is 237 Å². The molecule has 0 aliphatic carbocycles. The summed E-state index contributed by atoms with van der Waals surface area (Å²) < 4.78 is 56.5. The van der Waals surface area contributed by atoms with E-state index in [4.69, 9.17) is 9.47 Å². The predicted octanol–water partition coefficient (Wildman–Crippen LogP) is 10.4. The number of aryl methyl sites for hydroxylation is 1. The largest absolute Gasteiger partial charge is 0.348 e. The van der Waals surface area contributed by atoms with Gasteiger partial charge >= 0.3 is 0 Å². The number of rotatable bonds is 13. The molecule has 5 heteroatoms. The van der Waals surface area contributed by atoms with Gasteiger partial charge in [0.25, 0.3) is 0 Å². The molecule has 0 spiro atoms. The van der Waals surface area contributed by atoms with E-state index in [1.54, 1.807) is 42.5 Å². The minimum atomic E-state index is -0.817. The third-order valence-corrected chi connectivity index (χ3v) is 7.69. The van der Waals surface area contributed by atoms with Gasteiger partial charge in [0.2, 0.25) is 0 Å². The van der Waals surface area contributed by atoms with Crippen molar-refractivity contribution < 1.29 is 22.6 Å². The topological polar surface area (TPSA) is 18.5 Å². The van der Waals surface area contributed by atoms with Crippen molar-refractivity contribution in [1.29, 1.82) is 0 Å². The number of benzene rings is 3. The van der Waals surface area contributed by atoms with Crippen LogP contribution < -0.4 is 0 Å². The first-order chi connectivity index (χ1) is 19.5. The molecule has 1 saturated heterocycles. The number of hydrogen-bond acceptors (Lipinski definition) is 2. The van der Waals surface area contributed by atoms with Crippen LogP contribution in [0.2, 0.25) is 0 Å². The second-order valence-corrected chi connectivity index (χ2v) is 10.7. The Morgan fingerprint density at radius 1 is 0.775 bits per heavy atom. The summed E-state index contributed by atoms with van der Waals surface area (Å²) in [5.74, 6) is -1.66. The van der Waals surface area contributed by atoms with Crippen LogP contribution in [0.5, 0.6) is 0 Å². The molecule has 0 unspecified atom stereocenters. The maximum atomic E-state index is 15.1. The van der Waals surface area contributed by atoms with E-state index in [1.165, 1.54) is 25.3 Å². The Hall–Kier alpha value is -2.89. The van der Waals surface area contributed by atoms with Crippen molar-refractivity contribution in [2.24, 2.45) is 5.92 Å². The van der Waals surface area contributed by atoms with Crippen LogP contribution in [0.15, 0.2) is 66.7 Å². The van der Waals surface area contributed by atoms with Crippen LogP contribution in [-0.2, 0) is 15.9 Å². The van der Waals surface area contributed by atoms with Crippen LogP contribution in [0.1, 0.15) is 82.6 Å². The van der Waals surface area contributed by atoms with Crippen molar-refractivity contribution >= 4 is 0 Å². The zero-order chi connectivity index (χ0) is 28.3. The van der Waals surface area contributed by atoms with Crippen LogP contribution in [0.3, 0.4) is 0 Å². The van der Waals surface area contributed by atoms with E-state index in [0.29, 0.717) is 47.8 Å². The highest BCUT2D eigenvalue weighted by atomic mass is 19.2. The first-order valence-corrected chi connectivity index (χ1v) is 14.7. The average molecular weight is 551 g/mol. The summed E-state index contributed by atoms with van der Waals surface area (Å²) in [6.07, 6.45) is 12.6. The van der Waals surface area contributed by atoms with E-state index in [1.807, 2.05) is 19.1 Å². The Bertz CT molecular complexity index is 1240. The van der Waals surface area contributed by atoms with Crippen LogP contribution >= 0.6 is 0 Å². The SMILES string of the molecule is CC=CCCC1COC(c2ccc(-c3ccc(-c4ccc(CCCCCCCC)c(F)c4F)cc3)cc2F)OC1. The predicted molar refractivity (Wildman–Crippen MR) is 156 cm³/mol. The van der Waals surface area contributed by atoms with Gasteiger partial charge in [-0.05, 0) is 60.9 Å². The van der Waals surface area contributed by atoms with Crippen LogP contribution in [-0.4, -0.2) is 13.2 Å². The highest BCUT2D eigenvalue weighted by Gasteiger charge is 2.25. The molecule has 40 heavy (non-hydrogen) atoms. The number of unbranched alkanes of at least 4 members (excludes halogenated alkanes) is 5. The van der Waals surface area contributed by atoms with Gasteiger partial charge in [0.15, 0.2) is 17.9 Å². The van der Waals surface area contributed by atoms with Gasteiger partial charge in [0, 0.05) is 17.0 Å². The molecule has 0 atom stereocenters. The lowest BCUT2D eigenvalue weighted by atomic mass is 9.97. The summed E-state index contributed by atoms with van der Waals surface area (Å²) in [6, 6.07) is 15.4. The van der Waals surface area contributed by atoms with Gasteiger partial charge in [-0.1, -0.05) is 99.7 Å². The molecular weight excluding hydrogens is 509 g/mol. The molecule has 0 amide bonds. The van der Waals surface area contributed by atoms with Crippen LogP contribution in [0.25, 0.3) is 22.3 Å². The smallest absolute Gasteiger partial charge is 0.186 e. The lowest BCUT2D eigenvalue weighted by molar-refractivity contribution is -0.207. The van der Waals surface area contributed by atoms with E-state index >= 15 is 4.39 Å². The van der Waals surface area contributed by atoms with E-state index in [-0.39, 0.29) is 5.56 Å². The summed E-state index contributed by atoms with van der Waals surface area (Å²) >= 11 is 0. The number of halogens is 3. The highest BCUT2D eigenvalue weighted by molar-refractivity contribution is 5.71. The minimum absolute atomic E-state index is 0.230. The third kappa shape index (κ3) is 7.86. The van der Waals surface area contributed by atoms with Crippen molar-refractivity contribution in [3.63, 3.8) is 0 Å². The maximum absolute atomic E-state index is 15.1. The molecule has 0 N–H and O–H groups in total. The normalized spacial score (nSPS) is 17.5. The Morgan fingerprint density at radius 3 is 2.15 bits per heavy atom. The van der Waals surface area contributed by atoms with E-state index in [0.717, 1.165) is 37.7 Å². The molecule has 2 nitrogen and oxygen atoms in total. The first-order valence-electron chi connectivity index (χ1n) is 14.7. The molecule has 3 aromatic rings. The fourth-order valence-corrected chi connectivity index (χ4v) is 5.23. The van der Waals surface area contributed by atoms with Crippen molar-refractivity contribution in [2.45, 2.75) is 77.9 Å². The van der Waals surface area contributed by atoms with Crippen molar-refractivity contribution in [1.82, 2.24) is 0 Å². The lowest BCUT2D eigenvalue weighted by Crippen LogP contribution is -2.27. The van der Waals surface area contributed by atoms with Gasteiger partial charge in [-0.25, -0.2) is 13.2 Å². The quantitative estimate of drug-likeness (QED) is 0.156. The minimum Gasteiger partial charge on any atom is -0.348 e. The molecule has 0 saturated carbocycles. The third-order valence-electron chi connectivity index (χ3n) is 7.69. The molecule has 1 aliphatic heterocycles. The van der Waals surface area contributed by atoms with Gasteiger partial charge in [-0.15, -0.1) is 0 Å². The maximum Gasteiger partial charge on any atom is 0.186 e. The molecule has 214 valence electrons. The molecule has 1 aliphatic rings. The zero-order valence-corrected chi connectivity index (χ0v) is 23.7. The summed E-state index contributed by atoms with van der Waals surface area (Å²) in [4.78, 5) is 0. The summed E-state index contributed by atoms with van der Waals surface area (Å²) in [5.41, 5.74) is 3.09. The second-order valence-electron chi connectivity index (χ2n) is 10.7. The molecule has 0 bridgehead atoms. The molecule has 4 rings (SSSR count). The van der Waals surface area contributed by atoms with E-state index in [9.17, 15) is 8.78 Å². The highest BCUT2D eigenvalue weighted by Crippen LogP contribution is 2.33. The van der Waals surface area contributed by atoms with Gasteiger partial charge in [0.05, 0.1) is 13.2 Å². The van der Waals surface area contributed by atoms with Crippen LogP contribution in [0.4, 0.5) is 13.2 Å². The van der Waals surface area contributed by atoms with Gasteiger partial charge in [-0.3, -0.25) is 0 Å².